The van der Waals surface area contributed by atoms with Gasteiger partial charge in [-0.05, 0) is 62.1 Å². The van der Waals surface area contributed by atoms with E-state index in [4.69, 9.17) is 0 Å². The zero-order valence-electron chi connectivity index (χ0n) is 14.2. The number of anilines is 3. The van der Waals surface area contributed by atoms with Crippen molar-refractivity contribution in [3.63, 3.8) is 0 Å². The molecule has 0 atom stereocenters. The number of aromatic nitrogens is 2. The molecule has 0 aliphatic carbocycles. The van der Waals surface area contributed by atoms with Crippen LogP contribution >= 0.6 is 0 Å². The maximum atomic E-state index is 12.0. The molecule has 1 heterocycles. The Morgan fingerprint density at radius 3 is 2.09 bits per heavy atom. The molecular formula is C18H24N4O. The smallest absolute Gasteiger partial charge is 0.228 e. The van der Waals surface area contributed by atoms with Gasteiger partial charge in [-0.3, -0.25) is 4.79 Å². The quantitative estimate of drug-likeness (QED) is 0.838. The number of nitrogens with zero attached hydrogens (tertiary/aromatic N) is 2. The molecule has 0 saturated heterocycles. The summed E-state index contributed by atoms with van der Waals surface area (Å²) in [4.78, 5) is 12.0. The molecule has 0 fully saturated rings. The minimum absolute atomic E-state index is 0.000631. The first kappa shape index (κ1) is 16.9. The fourth-order valence-electron chi connectivity index (χ4n) is 2.55. The lowest BCUT2D eigenvalue weighted by atomic mass is 10.0. The highest BCUT2D eigenvalue weighted by atomic mass is 16.1. The molecule has 2 rings (SSSR count). The van der Waals surface area contributed by atoms with Crippen molar-refractivity contribution in [3.8, 4) is 0 Å². The Morgan fingerprint density at radius 1 is 1.00 bits per heavy atom. The number of aryl methyl sites for hydroxylation is 2. The van der Waals surface area contributed by atoms with E-state index in [0.717, 1.165) is 18.5 Å². The normalized spacial score (nSPS) is 10.7. The fraction of sp³-hybridized carbons (Fsp3) is 0.389. The Morgan fingerprint density at radius 2 is 1.57 bits per heavy atom. The fourth-order valence-corrected chi connectivity index (χ4v) is 2.55. The summed E-state index contributed by atoms with van der Waals surface area (Å²) in [7, 11) is 0. The van der Waals surface area contributed by atoms with Gasteiger partial charge < -0.3 is 10.6 Å². The van der Waals surface area contributed by atoms with Crippen LogP contribution in [0.5, 0.6) is 0 Å². The summed E-state index contributed by atoms with van der Waals surface area (Å²) >= 11 is 0. The van der Waals surface area contributed by atoms with E-state index in [1.807, 2.05) is 19.9 Å². The van der Waals surface area contributed by atoms with Crippen molar-refractivity contribution in [2.75, 3.05) is 10.6 Å². The maximum absolute atomic E-state index is 12.0. The third-order valence-corrected chi connectivity index (χ3v) is 3.77. The second-order valence-corrected chi connectivity index (χ2v) is 5.81. The number of hydrogen-bond acceptors (Lipinski definition) is 4. The Bertz CT molecular complexity index is 643. The van der Waals surface area contributed by atoms with Crippen molar-refractivity contribution >= 4 is 23.2 Å². The van der Waals surface area contributed by atoms with Gasteiger partial charge in [-0.1, -0.05) is 19.9 Å². The van der Waals surface area contributed by atoms with Crippen molar-refractivity contribution in [2.24, 2.45) is 5.92 Å². The average Bonchev–Trinajstić information content (AvgIpc) is 2.49. The molecular weight excluding hydrogens is 288 g/mol. The Kier molecular flexibility index (Phi) is 5.68. The van der Waals surface area contributed by atoms with E-state index in [0.29, 0.717) is 11.6 Å². The largest absolute Gasteiger partial charge is 0.339 e. The van der Waals surface area contributed by atoms with Crippen molar-refractivity contribution < 1.29 is 4.79 Å². The van der Waals surface area contributed by atoms with Crippen molar-refractivity contribution in [3.05, 3.63) is 41.5 Å². The summed E-state index contributed by atoms with van der Waals surface area (Å²) in [5, 5.41) is 14.2. The lowest BCUT2D eigenvalue weighted by Gasteiger charge is -2.12. The summed E-state index contributed by atoms with van der Waals surface area (Å²) < 4.78 is 0. The summed E-state index contributed by atoms with van der Waals surface area (Å²) in [5.74, 6) is 1.15. The molecule has 2 aromatic rings. The molecule has 2 N–H and O–H groups in total. The maximum Gasteiger partial charge on any atom is 0.228 e. The number of carbonyl (C=O) groups is 1. The van der Waals surface area contributed by atoms with Gasteiger partial charge in [-0.25, -0.2) is 0 Å². The van der Waals surface area contributed by atoms with Crippen LogP contribution in [0.3, 0.4) is 0 Å². The number of hydrogen-bond donors (Lipinski definition) is 2. The molecule has 0 aliphatic rings. The number of benzene rings is 1. The Hall–Kier alpha value is -2.43. The molecule has 122 valence electrons. The van der Waals surface area contributed by atoms with Gasteiger partial charge in [0.05, 0.1) is 0 Å². The molecule has 1 amide bonds. The molecule has 0 radical (unpaired) electrons. The zero-order valence-corrected chi connectivity index (χ0v) is 14.2. The van der Waals surface area contributed by atoms with Crippen LogP contribution in [-0.2, 0) is 4.79 Å². The third-order valence-electron chi connectivity index (χ3n) is 3.77. The minimum Gasteiger partial charge on any atom is -0.339 e. The summed E-state index contributed by atoms with van der Waals surface area (Å²) in [6, 6.07) is 9.80. The van der Waals surface area contributed by atoms with Gasteiger partial charge in [-0.2, -0.15) is 0 Å². The monoisotopic (exact) mass is 312 g/mol. The number of nitrogens with one attached hydrogen (secondary N) is 2. The van der Waals surface area contributed by atoms with E-state index in [1.54, 1.807) is 6.07 Å². The first-order chi connectivity index (χ1) is 11.0. The molecule has 0 bridgehead atoms. The highest BCUT2D eigenvalue weighted by Crippen LogP contribution is 2.18. The first-order valence-electron chi connectivity index (χ1n) is 8.01. The van der Waals surface area contributed by atoms with Crippen molar-refractivity contribution in [2.45, 2.75) is 40.5 Å². The van der Waals surface area contributed by atoms with Gasteiger partial charge in [0.2, 0.25) is 5.91 Å². The molecule has 23 heavy (non-hydrogen) atoms. The van der Waals surface area contributed by atoms with Gasteiger partial charge in [0.25, 0.3) is 0 Å². The lowest BCUT2D eigenvalue weighted by Crippen LogP contribution is -2.22. The predicted octanol–water partition coefficient (Wildman–Crippen LogP) is 4.21. The Labute approximate surface area is 137 Å². The van der Waals surface area contributed by atoms with Gasteiger partial charge in [0.15, 0.2) is 11.6 Å². The van der Waals surface area contributed by atoms with Crippen LogP contribution in [0.4, 0.5) is 17.3 Å². The predicted molar refractivity (Wildman–Crippen MR) is 93.9 cm³/mol. The van der Waals surface area contributed by atoms with Crippen LogP contribution in [0.25, 0.3) is 0 Å². The van der Waals surface area contributed by atoms with E-state index in [1.165, 1.54) is 11.1 Å². The first-order valence-corrected chi connectivity index (χ1v) is 8.01. The average molecular weight is 312 g/mol. The topological polar surface area (TPSA) is 66.9 Å². The highest BCUT2D eigenvalue weighted by Gasteiger charge is 2.14. The zero-order chi connectivity index (χ0) is 16.8. The van der Waals surface area contributed by atoms with Gasteiger partial charge in [0.1, 0.15) is 0 Å². The molecule has 0 aliphatic heterocycles. The van der Waals surface area contributed by atoms with E-state index in [2.05, 4.69) is 52.9 Å². The van der Waals surface area contributed by atoms with Crippen molar-refractivity contribution in [1.29, 1.82) is 0 Å². The van der Waals surface area contributed by atoms with Gasteiger partial charge >= 0.3 is 0 Å². The van der Waals surface area contributed by atoms with Crippen LogP contribution in [-0.4, -0.2) is 16.1 Å². The lowest BCUT2D eigenvalue weighted by molar-refractivity contribution is -0.120. The molecule has 1 aromatic heterocycles. The Balaban J connectivity index is 2.03. The van der Waals surface area contributed by atoms with E-state index >= 15 is 0 Å². The summed E-state index contributed by atoms with van der Waals surface area (Å²) in [6.07, 6.45) is 1.64. The van der Waals surface area contributed by atoms with Gasteiger partial charge in [-0.15, -0.1) is 10.2 Å². The van der Waals surface area contributed by atoms with Crippen LogP contribution in [0.2, 0.25) is 0 Å². The number of amides is 1. The SMILES string of the molecule is CCC(CC)C(=O)Nc1ccc(Nc2cc(C)cc(C)c2)nn1. The summed E-state index contributed by atoms with van der Waals surface area (Å²) in [6.45, 7) is 8.13. The van der Waals surface area contributed by atoms with E-state index in [9.17, 15) is 4.79 Å². The number of rotatable bonds is 6. The molecule has 0 unspecified atom stereocenters. The summed E-state index contributed by atoms with van der Waals surface area (Å²) in [5.41, 5.74) is 3.36. The van der Waals surface area contributed by atoms with Crippen LogP contribution < -0.4 is 10.6 Å². The minimum atomic E-state index is -0.000631. The standard InChI is InChI=1S/C18H24N4O/c1-5-14(6-2)18(23)20-17-8-7-16(21-22-17)19-15-10-12(3)9-13(4)11-15/h7-11,14H,5-6H2,1-4H3,(H,19,21)(H,20,22,23). The van der Waals surface area contributed by atoms with Crippen LogP contribution in [0.15, 0.2) is 30.3 Å². The van der Waals surface area contributed by atoms with E-state index in [-0.39, 0.29) is 11.8 Å². The van der Waals surface area contributed by atoms with Gasteiger partial charge in [0, 0.05) is 11.6 Å². The molecule has 0 saturated carbocycles. The molecule has 5 heteroatoms. The van der Waals surface area contributed by atoms with Crippen LogP contribution in [0.1, 0.15) is 37.8 Å². The molecule has 5 nitrogen and oxygen atoms in total. The second-order valence-electron chi connectivity index (χ2n) is 5.81. The van der Waals surface area contributed by atoms with Crippen molar-refractivity contribution in [1.82, 2.24) is 10.2 Å². The van der Waals surface area contributed by atoms with E-state index < -0.39 is 0 Å². The number of carbonyl (C=O) groups excluding carboxylic acids is 1. The van der Waals surface area contributed by atoms with Crippen LogP contribution in [0, 0.1) is 19.8 Å². The third kappa shape index (κ3) is 4.77. The highest BCUT2D eigenvalue weighted by molar-refractivity contribution is 5.91. The molecule has 1 aromatic carbocycles. The molecule has 0 spiro atoms. The second kappa shape index (κ2) is 7.72.